The number of hydrogen-bond donors (Lipinski definition) is 2. The van der Waals surface area contributed by atoms with Crippen molar-refractivity contribution in [3.63, 3.8) is 0 Å². The van der Waals surface area contributed by atoms with E-state index in [4.69, 9.17) is 19.7 Å². The largest absolute Gasteiger partial charge is 0.481 e. The molecule has 1 unspecified atom stereocenters. The first-order chi connectivity index (χ1) is 6.16. The fraction of sp³-hybridized carbons (Fsp3) is 0.875. The minimum absolute atomic E-state index is 0.0329. The summed E-state index contributed by atoms with van der Waals surface area (Å²) in [6.45, 7) is 1.06. The first-order valence-electron chi connectivity index (χ1n) is 4.13. The highest BCUT2D eigenvalue weighted by Gasteiger charge is 2.06. The molecule has 0 spiro atoms. The van der Waals surface area contributed by atoms with E-state index in [2.05, 4.69) is 0 Å². The van der Waals surface area contributed by atoms with Gasteiger partial charge >= 0.3 is 5.97 Å². The Balaban J connectivity index is 3.19. The molecule has 0 aromatic heterocycles. The van der Waals surface area contributed by atoms with Crippen molar-refractivity contribution in [2.45, 2.75) is 18.9 Å². The molecule has 0 saturated carbocycles. The van der Waals surface area contributed by atoms with E-state index in [0.29, 0.717) is 13.2 Å². The minimum atomic E-state index is -0.907. The summed E-state index contributed by atoms with van der Waals surface area (Å²) < 4.78 is 9.72. The molecule has 78 valence electrons. The molecule has 13 heavy (non-hydrogen) atoms. The molecule has 1 atom stereocenters. The zero-order valence-electron chi connectivity index (χ0n) is 7.73. The number of rotatable bonds is 8. The predicted molar refractivity (Wildman–Crippen MR) is 45.6 cm³/mol. The van der Waals surface area contributed by atoms with Crippen LogP contribution in [0.15, 0.2) is 0 Å². The summed E-state index contributed by atoms with van der Waals surface area (Å²) in [7, 11) is 1.56. The Morgan fingerprint density at radius 1 is 1.46 bits per heavy atom. The number of aliphatic hydroxyl groups excluding tert-OH is 1. The summed E-state index contributed by atoms with van der Waals surface area (Å²) in [5.41, 5.74) is 0. The van der Waals surface area contributed by atoms with Gasteiger partial charge in [0.05, 0.1) is 25.9 Å². The van der Waals surface area contributed by atoms with Crippen molar-refractivity contribution in [2.24, 2.45) is 0 Å². The van der Waals surface area contributed by atoms with Crippen LogP contribution < -0.4 is 0 Å². The molecule has 0 aromatic carbocycles. The lowest BCUT2D eigenvalue weighted by Crippen LogP contribution is -2.18. The van der Waals surface area contributed by atoms with Crippen LogP contribution in [0.1, 0.15) is 12.8 Å². The van der Waals surface area contributed by atoms with Crippen molar-refractivity contribution in [1.82, 2.24) is 0 Å². The van der Waals surface area contributed by atoms with Gasteiger partial charge in [-0.3, -0.25) is 4.79 Å². The normalized spacial score (nSPS) is 12.8. The van der Waals surface area contributed by atoms with Crippen LogP contribution in [-0.2, 0) is 14.3 Å². The smallest absolute Gasteiger partial charge is 0.303 e. The summed E-state index contributed by atoms with van der Waals surface area (Å²) in [5.74, 6) is -0.907. The molecule has 0 rings (SSSR count). The number of aliphatic hydroxyl groups is 1. The van der Waals surface area contributed by atoms with Gasteiger partial charge in [-0.25, -0.2) is 0 Å². The number of aliphatic carboxylic acids is 1. The van der Waals surface area contributed by atoms with Gasteiger partial charge in [0, 0.05) is 13.5 Å². The Morgan fingerprint density at radius 3 is 2.69 bits per heavy atom. The lowest BCUT2D eigenvalue weighted by Gasteiger charge is -2.09. The second-order valence-electron chi connectivity index (χ2n) is 2.65. The van der Waals surface area contributed by atoms with E-state index >= 15 is 0 Å². The second-order valence-corrected chi connectivity index (χ2v) is 2.65. The highest BCUT2D eigenvalue weighted by atomic mass is 16.5. The molecule has 0 amide bonds. The van der Waals surface area contributed by atoms with E-state index in [0.717, 1.165) is 0 Å². The summed E-state index contributed by atoms with van der Waals surface area (Å²) >= 11 is 0. The summed E-state index contributed by atoms with van der Waals surface area (Å²) in [5, 5.41) is 17.5. The molecule has 2 N–H and O–H groups in total. The maximum Gasteiger partial charge on any atom is 0.303 e. The van der Waals surface area contributed by atoms with E-state index in [1.54, 1.807) is 7.11 Å². The average molecular weight is 192 g/mol. The van der Waals surface area contributed by atoms with E-state index in [1.807, 2.05) is 0 Å². The van der Waals surface area contributed by atoms with Crippen molar-refractivity contribution in [2.75, 3.05) is 26.9 Å². The fourth-order valence-corrected chi connectivity index (χ4v) is 0.735. The number of hydrogen-bond acceptors (Lipinski definition) is 4. The SMILES string of the molecule is COCCOCC(O)CCC(=O)O. The van der Waals surface area contributed by atoms with Gasteiger partial charge in [-0.15, -0.1) is 0 Å². The van der Waals surface area contributed by atoms with Crippen LogP contribution in [0.5, 0.6) is 0 Å². The monoisotopic (exact) mass is 192 g/mol. The summed E-state index contributed by atoms with van der Waals surface area (Å²) in [6.07, 6.45) is -0.509. The van der Waals surface area contributed by atoms with Crippen LogP contribution in [0.3, 0.4) is 0 Å². The molecule has 0 aliphatic rings. The van der Waals surface area contributed by atoms with Crippen LogP contribution in [-0.4, -0.2) is 49.2 Å². The van der Waals surface area contributed by atoms with Crippen molar-refractivity contribution < 1.29 is 24.5 Å². The Morgan fingerprint density at radius 2 is 2.15 bits per heavy atom. The van der Waals surface area contributed by atoms with Gasteiger partial charge in [-0.05, 0) is 6.42 Å². The highest BCUT2D eigenvalue weighted by molar-refractivity contribution is 5.66. The lowest BCUT2D eigenvalue weighted by molar-refractivity contribution is -0.137. The van der Waals surface area contributed by atoms with Gasteiger partial charge in [-0.1, -0.05) is 0 Å². The molecule has 5 heteroatoms. The van der Waals surface area contributed by atoms with E-state index < -0.39 is 12.1 Å². The molecule has 0 saturated heterocycles. The number of carbonyl (C=O) groups is 1. The third-order valence-corrected chi connectivity index (χ3v) is 1.43. The van der Waals surface area contributed by atoms with Crippen LogP contribution in [0, 0.1) is 0 Å². The van der Waals surface area contributed by atoms with Gasteiger partial charge in [-0.2, -0.15) is 0 Å². The average Bonchev–Trinajstić information content (AvgIpc) is 2.09. The van der Waals surface area contributed by atoms with Crippen LogP contribution in [0.25, 0.3) is 0 Å². The Bertz CT molecular complexity index is 136. The molecular weight excluding hydrogens is 176 g/mol. The van der Waals surface area contributed by atoms with Gasteiger partial charge in [0.15, 0.2) is 0 Å². The molecule has 0 radical (unpaired) electrons. The highest BCUT2D eigenvalue weighted by Crippen LogP contribution is 1.97. The molecular formula is C8H16O5. The maximum atomic E-state index is 10.1. The molecule has 0 aliphatic carbocycles. The summed E-state index contributed by atoms with van der Waals surface area (Å²) in [4.78, 5) is 10.1. The number of carboxylic acid groups (broad SMARTS) is 1. The Hall–Kier alpha value is -0.650. The zero-order chi connectivity index (χ0) is 10.1. The standard InChI is InChI=1S/C8H16O5/c1-12-4-5-13-6-7(9)2-3-8(10)11/h7,9H,2-6H2,1H3,(H,10,11). The van der Waals surface area contributed by atoms with E-state index in [-0.39, 0.29) is 19.4 Å². The first-order valence-corrected chi connectivity index (χ1v) is 4.13. The summed E-state index contributed by atoms with van der Waals surface area (Å²) in [6, 6.07) is 0. The minimum Gasteiger partial charge on any atom is -0.481 e. The fourth-order valence-electron chi connectivity index (χ4n) is 0.735. The topological polar surface area (TPSA) is 76.0 Å². The third-order valence-electron chi connectivity index (χ3n) is 1.43. The van der Waals surface area contributed by atoms with Crippen molar-refractivity contribution in [3.05, 3.63) is 0 Å². The molecule has 0 aliphatic heterocycles. The van der Waals surface area contributed by atoms with Gasteiger partial charge < -0.3 is 19.7 Å². The van der Waals surface area contributed by atoms with Crippen LogP contribution in [0.4, 0.5) is 0 Å². The zero-order valence-corrected chi connectivity index (χ0v) is 7.73. The van der Waals surface area contributed by atoms with E-state index in [9.17, 15) is 4.79 Å². The van der Waals surface area contributed by atoms with Gasteiger partial charge in [0.25, 0.3) is 0 Å². The van der Waals surface area contributed by atoms with Gasteiger partial charge in [0.1, 0.15) is 0 Å². The number of carboxylic acids is 1. The number of ether oxygens (including phenoxy) is 2. The van der Waals surface area contributed by atoms with Crippen LogP contribution in [0.2, 0.25) is 0 Å². The molecule has 0 aromatic rings. The predicted octanol–water partition coefficient (Wildman–Crippen LogP) is -0.125. The molecule has 5 nitrogen and oxygen atoms in total. The van der Waals surface area contributed by atoms with Crippen LogP contribution >= 0.6 is 0 Å². The van der Waals surface area contributed by atoms with Gasteiger partial charge in [0.2, 0.25) is 0 Å². The quantitative estimate of drug-likeness (QED) is 0.524. The molecule has 0 bridgehead atoms. The first kappa shape index (κ1) is 12.3. The second kappa shape index (κ2) is 7.97. The van der Waals surface area contributed by atoms with Crippen molar-refractivity contribution in [1.29, 1.82) is 0 Å². The van der Waals surface area contributed by atoms with E-state index in [1.165, 1.54) is 0 Å². The third kappa shape index (κ3) is 9.26. The number of methoxy groups -OCH3 is 1. The Kier molecular flexibility index (Phi) is 7.57. The lowest BCUT2D eigenvalue weighted by atomic mass is 10.2. The molecule has 0 heterocycles. The van der Waals surface area contributed by atoms with Crippen molar-refractivity contribution >= 4 is 5.97 Å². The maximum absolute atomic E-state index is 10.1. The Labute approximate surface area is 77.3 Å². The van der Waals surface area contributed by atoms with Crippen molar-refractivity contribution in [3.8, 4) is 0 Å². The molecule has 0 fully saturated rings.